The van der Waals surface area contributed by atoms with Crippen molar-refractivity contribution in [3.63, 3.8) is 0 Å². The van der Waals surface area contributed by atoms with Crippen LogP contribution >= 0.6 is 0 Å². The van der Waals surface area contributed by atoms with Gasteiger partial charge in [-0.3, -0.25) is 10.1 Å². The largest absolute Gasteiger partial charge is 0.489 e. The molecule has 0 saturated heterocycles. The van der Waals surface area contributed by atoms with Crippen molar-refractivity contribution in [1.82, 2.24) is 0 Å². The number of nitro benzene ring substituents is 1. The van der Waals surface area contributed by atoms with Crippen molar-refractivity contribution in [3.8, 4) is 11.8 Å². The molecule has 0 saturated carbocycles. The quantitative estimate of drug-likeness (QED) is 0.636. The summed E-state index contributed by atoms with van der Waals surface area (Å²) in [6.45, 7) is 1.66. The predicted molar refractivity (Wildman–Crippen MR) is 73.3 cm³/mol. The number of non-ortho nitro benzene ring substituents is 1. The molecule has 0 aliphatic carbocycles. The van der Waals surface area contributed by atoms with E-state index in [1.807, 2.05) is 6.07 Å². The number of benzene rings is 2. The van der Waals surface area contributed by atoms with E-state index >= 15 is 0 Å². The fourth-order valence-corrected chi connectivity index (χ4v) is 1.80. The monoisotopic (exact) mass is 286 g/mol. The maximum atomic E-state index is 13.7. The van der Waals surface area contributed by atoms with Gasteiger partial charge >= 0.3 is 0 Å². The van der Waals surface area contributed by atoms with E-state index in [0.29, 0.717) is 16.9 Å². The number of nitrogens with zero attached hydrogens (tertiary/aromatic N) is 2. The lowest BCUT2D eigenvalue weighted by molar-refractivity contribution is -0.384. The van der Waals surface area contributed by atoms with Crippen LogP contribution in [0.1, 0.15) is 16.7 Å². The standard InChI is InChI=1S/C15H11FN2O3/c1-10-6-13(18(19)20)4-5-15(10)21-9-12-3-2-11(8-17)7-14(12)16/h2-7H,9H2,1H3. The van der Waals surface area contributed by atoms with Gasteiger partial charge in [-0.2, -0.15) is 5.26 Å². The third-order valence-electron chi connectivity index (χ3n) is 2.93. The van der Waals surface area contributed by atoms with Gasteiger partial charge in [-0.1, -0.05) is 6.07 Å². The first-order valence-electron chi connectivity index (χ1n) is 6.07. The highest BCUT2D eigenvalue weighted by Gasteiger charge is 2.10. The second-order valence-corrected chi connectivity index (χ2v) is 4.41. The van der Waals surface area contributed by atoms with Gasteiger partial charge in [0.15, 0.2) is 0 Å². The topological polar surface area (TPSA) is 76.2 Å². The van der Waals surface area contributed by atoms with Crippen molar-refractivity contribution in [2.24, 2.45) is 0 Å². The zero-order chi connectivity index (χ0) is 15.4. The van der Waals surface area contributed by atoms with Crippen LogP contribution in [0.5, 0.6) is 5.75 Å². The van der Waals surface area contributed by atoms with Crippen LogP contribution in [-0.4, -0.2) is 4.92 Å². The maximum absolute atomic E-state index is 13.7. The third-order valence-corrected chi connectivity index (χ3v) is 2.93. The molecule has 2 rings (SSSR count). The van der Waals surface area contributed by atoms with Crippen LogP contribution in [0.2, 0.25) is 0 Å². The Labute approximate surface area is 120 Å². The van der Waals surface area contributed by atoms with Gasteiger partial charge in [-0.25, -0.2) is 4.39 Å². The summed E-state index contributed by atoms with van der Waals surface area (Å²) < 4.78 is 19.2. The summed E-state index contributed by atoms with van der Waals surface area (Å²) in [5, 5.41) is 19.3. The van der Waals surface area contributed by atoms with Crippen LogP contribution in [0.3, 0.4) is 0 Å². The number of rotatable bonds is 4. The van der Waals surface area contributed by atoms with Gasteiger partial charge in [0.25, 0.3) is 5.69 Å². The van der Waals surface area contributed by atoms with Crippen molar-refractivity contribution in [2.75, 3.05) is 0 Å². The molecule has 106 valence electrons. The summed E-state index contributed by atoms with van der Waals surface area (Å²) in [7, 11) is 0. The summed E-state index contributed by atoms with van der Waals surface area (Å²) in [6, 6.07) is 10.2. The Bertz CT molecular complexity index is 738. The minimum Gasteiger partial charge on any atom is -0.489 e. The predicted octanol–water partition coefficient (Wildman–Crippen LogP) is 3.49. The Morgan fingerprint density at radius 1 is 1.33 bits per heavy atom. The first-order chi connectivity index (χ1) is 10.0. The third kappa shape index (κ3) is 3.34. The van der Waals surface area contributed by atoms with Gasteiger partial charge in [-0.15, -0.1) is 0 Å². The number of nitro groups is 1. The molecule has 6 heteroatoms. The van der Waals surface area contributed by atoms with Gasteiger partial charge < -0.3 is 4.74 Å². The Morgan fingerprint density at radius 2 is 2.10 bits per heavy atom. The summed E-state index contributed by atoms with van der Waals surface area (Å²) in [4.78, 5) is 10.1. The first-order valence-corrected chi connectivity index (χ1v) is 6.07. The van der Waals surface area contributed by atoms with Gasteiger partial charge in [0.05, 0.1) is 16.6 Å². The number of hydrogen-bond acceptors (Lipinski definition) is 4. The SMILES string of the molecule is Cc1cc([N+](=O)[O-])ccc1OCc1ccc(C#N)cc1F. The van der Waals surface area contributed by atoms with Gasteiger partial charge in [0.2, 0.25) is 0 Å². The minimum absolute atomic E-state index is 0.0177. The number of hydrogen-bond donors (Lipinski definition) is 0. The summed E-state index contributed by atoms with van der Waals surface area (Å²) in [6.07, 6.45) is 0. The molecule has 2 aromatic rings. The van der Waals surface area contributed by atoms with Crippen LogP contribution in [0.15, 0.2) is 36.4 Å². The Hall–Kier alpha value is -2.94. The molecule has 0 aliphatic heterocycles. The molecular formula is C15H11FN2O3. The molecule has 5 nitrogen and oxygen atoms in total. The van der Waals surface area contributed by atoms with Crippen molar-refractivity contribution >= 4 is 5.69 Å². The highest BCUT2D eigenvalue weighted by Crippen LogP contribution is 2.24. The van der Waals surface area contributed by atoms with E-state index in [0.717, 1.165) is 6.07 Å². The van der Waals surface area contributed by atoms with Gasteiger partial charge in [0.1, 0.15) is 18.2 Å². The molecule has 0 aromatic heterocycles. The molecule has 0 heterocycles. The lowest BCUT2D eigenvalue weighted by atomic mass is 10.1. The normalized spacial score (nSPS) is 9.95. The molecule has 0 N–H and O–H groups in total. The van der Waals surface area contributed by atoms with Crippen LogP contribution < -0.4 is 4.74 Å². The highest BCUT2D eigenvalue weighted by molar-refractivity contribution is 5.43. The Kier molecular flexibility index (Phi) is 4.14. The Balaban J connectivity index is 2.13. The molecule has 0 unspecified atom stereocenters. The average molecular weight is 286 g/mol. The zero-order valence-corrected chi connectivity index (χ0v) is 11.2. The second-order valence-electron chi connectivity index (χ2n) is 4.41. The van der Waals surface area contributed by atoms with E-state index < -0.39 is 10.7 Å². The van der Waals surface area contributed by atoms with E-state index in [-0.39, 0.29) is 17.9 Å². The number of ether oxygens (including phenoxy) is 1. The molecule has 21 heavy (non-hydrogen) atoms. The van der Waals surface area contributed by atoms with E-state index in [4.69, 9.17) is 10.00 Å². The lowest BCUT2D eigenvalue weighted by Gasteiger charge is -2.09. The lowest BCUT2D eigenvalue weighted by Crippen LogP contribution is -2.00. The zero-order valence-electron chi connectivity index (χ0n) is 11.2. The van der Waals surface area contributed by atoms with Gasteiger partial charge in [-0.05, 0) is 30.7 Å². The molecule has 0 spiro atoms. The van der Waals surface area contributed by atoms with E-state index in [1.54, 1.807) is 6.92 Å². The summed E-state index contributed by atoms with van der Waals surface area (Å²) in [5.74, 6) is -0.0713. The molecule has 2 aromatic carbocycles. The number of halogens is 1. The Morgan fingerprint density at radius 3 is 2.67 bits per heavy atom. The second kappa shape index (κ2) is 6.01. The molecule has 0 fully saturated rings. The van der Waals surface area contributed by atoms with Crippen LogP contribution in [0.4, 0.5) is 10.1 Å². The fourth-order valence-electron chi connectivity index (χ4n) is 1.80. The van der Waals surface area contributed by atoms with Crippen LogP contribution in [-0.2, 0) is 6.61 Å². The minimum atomic E-state index is -0.520. The maximum Gasteiger partial charge on any atom is 0.269 e. The van der Waals surface area contributed by atoms with E-state index in [2.05, 4.69) is 0 Å². The smallest absolute Gasteiger partial charge is 0.269 e. The number of nitriles is 1. The first kappa shape index (κ1) is 14.5. The summed E-state index contributed by atoms with van der Waals surface area (Å²) in [5.41, 5.74) is 1.12. The average Bonchev–Trinajstić information content (AvgIpc) is 2.46. The molecule has 0 radical (unpaired) electrons. The van der Waals surface area contributed by atoms with Crippen LogP contribution in [0.25, 0.3) is 0 Å². The van der Waals surface area contributed by atoms with Crippen LogP contribution in [0, 0.1) is 34.2 Å². The molecule has 0 atom stereocenters. The van der Waals surface area contributed by atoms with E-state index in [1.165, 1.54) is 30.3 Å². The van der Waals surface area contributed by atoms with Gasteiger partial charge in [0, 0.05) is 17.7 Å². The van der Waals surface area contributed by atoms with Crippen molar-refractivity contribution in [3.05, 3.63) is 69.0 Å². The van der Waals surface area contributed by atoms with Crippen molar-refractivity contribution in [2.45, 2.75) is 13.5 Å². The van der Waals surface area contributed by atoms with Crippen molar-refractivity contribution < 1.29 is 14.1 Å². The van der Waals surface area contributed by atoms with Crippen molar-refractivity contribution in [1.29, 1.82) is 5.26 Å². The fraction of sp³-hybridized carbons (Fsp3) is 0.133. The summed E-state index contributed by atoms with van der Waals surface area (Å²) >= 11 is 0. The molecular weight excluding hydrogens is 275 g/mol. The number of aryl methyl sites for hydroxylation is 1. The molecule has 0 amide bonds. The van der Waals surface area contributed by atoms with E-state index in [9.17, 15) is 14.5 Å². The molecule has 0 bridgehead atoms. The highest BCUT2D eigenvalue weighted by atomic mass is 19.1. The molecule has 0 aliphatic rings.